The molecule has 0 radical (unpaired) electrons. The maximum atomic E-state index is 12.8. The number of nitrogens with one attached hydrogen (secondary N) is 2. The maximum absolute atomic E-state index is 12.8. The first kappa shape index (κ1) is 15.4. The molecule has 22 heavy (non-hydrogen) atoms. The Morgan fingerprint density at radius 1 is 1.32 bits per heavy atom. The summed E-state index contributed by atoms with van der Waals surface area (Å²) in [6.45, 7) is 5.35. The van der Waals surface area contributed by atoms with E-state index < -0.39 is 0 Å². The highest BCUT2D eigenvalue weighted by atomic mass is 19.1. The smallest absolute Gasteiger partial charge is 0.234 e. The third-order valence-electron chi connectivity index (χ3n) is 4.87. The fourth-order valence-corrected chi connectivity index (χ4v) is 3.56. The molecule has 1 aromatic rings. The van der Waals surface area contributed by atoms with Crippen LogP contribution in [0.3, 0.4) is 0 Å². The number of benzene rings is 1. The molecular weight excluding hydrogens is 281 g/mol. The predicted octanol–water partition coefficient (Wildman–Crippen LogP) is 1.17. The summed E-state index contributed by atoms with van der Waals surface area (Å²) in [4.78, 5) is 14.3. The first-order chi connectivity index (χ1) is 10.7. The van der Waals surface area contributed by atoms with Gasteiger partial charge in [-0.3, -0.25) is 9.69 Å². The highest BCUT2D eigenvalue weighted by Crippen LogP contribution is 2.35. The summed E-state index contributed by atoms with van der Waals surface area (Å²) in [6.07, 6.45) is 3.17. The Balaban J connectivity index is 1.37. The number of amides is 1. The molecule has 2 saturated heterocycles. The van der Waals surface area contributed by atoms with Crippen LogP contribution in [-0.2, 0) is 11.2 Å². The van der Waals surface area contributed by atoms with E-state index in [-0.39, 0.29) is 11.7 Å². The number of carbonyl (C=O) groups is 1. The van der Waals surface area contributed by atoms with E-state index >= 15 is 0 Å². The number of halogens is 1. The Morgan fingerprint density at radius 2 is 2.14 bits per heavy atom. The number of nitrogens with zero attached hydrogens (tertiary/aromatic N) is 1. The van der Waals surface area contributed by atoms with E-state index in [1.165, 1.54) is 25.0 Å². The van der Waals surface area contributed by atoms with Gasteiger partial charge in [0.25, 0.3) is 0 Å². The number of hydrogen-bond donors (Lipinski definition) is 2. The zero-order valence-corrected chi connectivity index (χ0v) is 12.9. The molecule has 4 nitrogen and oxygen atoms in total. The Hall–Kier alpha value is -1.46. The van der Waals surface area contributed by atoms with E-state index in [0.29, 0.717) is 18.5 Å². The van der Waals surface area contributed by atoms with Crippen molar-refractivity contribution in [3.63, 3.8) is 0 Å². The Kier molecular flexibility index (Phi) is 4.74. The summed E-state index contributed by atoms with van der Waals surface area (Å²) in [5, 5.41) is 6.39. The molecule has 3 rings (SSSR count). The first-order valence-electron chi connectivity index (χ1n) is 8.10. The molecule has 0 aromatic heterocycles. The number of rotatable bonds is 5. The van der Waals surface area contributed by atoms with E-state index in [1.807, 2.05) is 0 Å². The molecule has 2 N–H and O–H groups in total. The summed E-state index contributed by atoms with van der Waals surface area (Å²) >= 11 is 0. The highest BCUT2D eigenvalue weighted by molar-refractivity contribution is 5.78. The average Bonchev–Trinajstić information content (AvgIpc) is 3.12. The van der Waals surface area contributed by atoms with Gasteiger partial charge in [-0.25, -0.2) is 4.39 Å². The van der Waals surface area contributed by atoms with Crippen LogP contribution < -0.4 is 10.6 Å². The van der Waals surface area contributed by atoms with Crippen LogP contribution in [0.2, 0.25) is 0 Å². The van der Waals surface area contributed by atoms with Gasteiger partial charge >= 0.3 is 0 Å². The summed E-state index contributed by atoms with van der Waals surface area (Å²) in [6, 6.07) is 6.44. The van der Waals surface area contributed by atoms with Crippen LogP contribution in [0.25, 0.3) is 0 Å². The van der Waals surface area contributed by atoms with Gasteiger partial charge in [-0.15, -0.1) is 0 Å². The number of carbonyl (C=O) groups excluding carboxylic acids is 1. The van der Waals surface area contributed by atoms with Crippen molar-refractivity contribution in [1.29, 1.82) is 0 Å². The molecule has 0 bridgehead atoms. The molecule has 0 saturated carbocycles. The van der Waals surface area contributed by atoms with Crippen molar-refractivity contribution in [1.82, 2.24) is 15.5 Å². The number of likely N-dealkylation sites (tertiary alicyclic amines) is 1. The van der Waals surface area contributed by atoms with E-state index in [0.717, 1.165) is 38.2 Å². The van der Waals surface area contributed by atoms with Crippen molar-refractivity contribution in [3.05, 3.63) is 35.6 Å². The van der Waals surface area contributed by atoms with Crippen LogP contribution in [0, 0.1) is 11.2 Å². The second kappa shape index (κ2) is 6.75. The fourth-order valence-electron chi connectivity index (χ4n) is 3.56. The van der Waals surface area contributed by atoms with E-state index in [9.17, 15) is 9.18 Å². The van der Waals surface area contributed by atoms with Crippen LogP contribution in [-0.4, -0.2) is 50.1 Å². The van der Waals surface area contributed by atoms with E-state index in [2.05, 4.69) is 15.5 Å². The van der Waals surface area contributed by atoms with Gasteiger partial charge < -0.3 is 10.6 Å². The first-order valence-corrected chi connectivity index (χ1v) is 8.10. The van der Waals surface area contributed by atoms with Gasteiger partial charge in [0.1, 0.15) is 5.82 Å². The standard InChI is InChI=1S/C17H24FN3O/c18-15-3-1-14(2-4-15)5-8-20-16(22)11-21-10-7-17(13-21)6-9-19-12-17/h1-4,19H,5-13H2,(H,20,22). The van der Waals surface area contributed by atoms with Crippen molar-refractivity contribution >= 4 is 5.91 Å². The number of hydrogen-bond acceptors (Lipinski definition) is 3. The maximum Gasteiger partial charge on any atom is 0.234 e. The van der Waals surface area contributed by atoms with Crippen LogP contribution in [0.15, 0.2) is 24.3 Å². The molecule has 2 aliphatic rings. The molecule has 2 aliphatic heterocycles. The Morgan fingerprint density at radius 3 is 2.86 bits per heavy atom. The molecule has 1 atom stereocenters. The van der Waals surface area contributed by atoms with E-state index in [4.69, 9.17) is 0 Å². The van der Waals surface area contributed by atoms with Crippen molar-refractivity contribution in [3.8, 4) is 0 Å². The van der Waals surface area contributed by atoms with Crippen molar-refractivity contribution in [2.24, 2.45) is 5.41 Å². The summed E-state index contributed by atoms with van der Waals surface area (Å²) in [5.74, 6) is -0.137. The van der Waals surface area contributed by atoms with Crippen molar-refractivity contribution in [2.45, 2.75) is 19.3 Å². The highest BCUT2D eigenvalue weighted by Gasteiger charge is 2.40. The molecule has 1 aromatic carbocycles. The normalized spacial score (nSPS) is 25.0. The summed E-state index contributed by atoms with van der Waals surface area (Å²) in [5.41, 5.74) is 1.45. The van der Waals surface area contributed by atoms with Gasteiger partial charge in [0.2, 0.25) is 5.91 Å². The van der Waals surface area contributed by atoms with Gasteiger partial charge in [0, 0.05) is 19.6 Å². The quantitative estimate of drug-likeness (QED) is 0.858. The minimum absolute atomic E-state index is 0.0881. The SMILES string of the molecule is O=C(CN1CCC2(CCNC2)C1)NCCc1ccc(F)cc1. The zero-order chi connectivity index (χ0) is 15.4. The second-order valence-electron chi connectivity index (χ2n) is 6.61. The molecular formula is C17H24FN3O. The van der Waals surface area contributed by atoms with Crippen molar-refractivity contribution < 1.29 is 9.18 Å². The van der Waals surface area contributed by atoms with E-state index in [1.54, 1.807) is 12.1 Å². The summed E-state index contributed by atoms with van der Waals surface area (Å²) < 4.78 is 12.8. The average molecular weight is 305 g/mol. The molecule has 2 fully saturated rings. The molecule has 120 valence electrons. The molecule has 0 aliphatic carbocycles. The predicted molar refractivity (Wildman–Crippen MR) is 84.1 cm³/mol. The molecule has 1 amide bonds. The minimum Gasteiger partial charge on any atom is -0.355 e. The minimum atomic E-state index is -0.225. The van der Waals surface area contributed by atoms with Gasteiger partial charge in [-0.05, 0) is 55.5 Å². The van der Waals surface area contributed by atoms with Crippen LogP contribution in [0.5, 0.6) is 0 Å². The third kappa shape index (κ3) is 3.84. The van der Waals surface area contributed by atoms with Gasteiger partial charge in [0.05, 0.1) is 6.54 Å². The lowest BCUT2D eigenvalue weighted by Crippen LogP contribution is -2.38. The second-order valence-corrected chi connectivity index (χ2v) is 6.61. The topological polar surface area (TPSA) is 44.4 Å². The van der Waals surface area contributed by atoms with Crippen LogP contribution >= 0.6 is 0 Å². The molecule has 1 spiro atoms. The van der Waals surface area contributed by atoms with Crippen molar-refractivity contribution in [2.75, 3.05) is 39.3 Å². The lowest BCUT2D eigenvalue weighted by atomic mass is 9.87. The Labute approximate surface area is 131 Å². The lowest BCUT2D eigenvalue weighted by molar-refractivity contribution is -0.122. The van der Waals surface area contributed by atoms with Gasteiger partial charge in [-0.2, -0.15) is 0 Å². The van der Waals surface area contributed by atoms with Gasteiger partial charge in [-0.1, -0.05) is 12.1 Å². The van der Waals surface area contributed by atoms with Crippen LogP contribution in [0.1, 0.15) is 18.4 Å². The Bertz CT molecular complexity index is 511. The lowest BCUT2D eigenvalue weighted by Gasteiger charge is -2.22. The molecule has 1 unspecified atom stereocenters. The van der Waals surface area contributed by atoms with Gasteiger partial charge in [0.15, 0.2) is 0 Å². The largest absolute Gasteiger partial charge is 0.355 e. The molecule has 2 heterocycles. The molecule has 5 heteroatoms. The summed E-state index contributed by atoms with van der Waals surface area (Å²) in [7, 11) is 0. The third-order valence-corrected chi connectivity index (χ3v) is 4.87. The fraction of sp³-hybridized carbons (Fsp3) is 0.588. The zero-order valence-electron chi connectivity index (χ0n) is 12.9. The monoisotopic (exact) mass is 305 g/mol. The van der Waals surface area contributed by atoms with Crippen LogP contribution in [0.4, 0.5) is 4.39 Å².